The van der Waals surface area contributed by atoms with E-state index in [1.54, 1.807) is 19.1 Å². The van der Waals surface area contributed by atoms with Gasteiger partial charge in [-0.05, 0) is 36.5 Å². The fourth-order valence-corrected chi connectivity index (χ4v) is 2.43. The summed E-state index contributed by atoms with van der Waals surface area (Å²) in [6.07, 6.45) is 1.86. The van der Waals surface area contributed by atoms with Gasteiger partial charge in [0.2, 0.25) is 0 Å². The molecular formula is C17H14FN. The predicted molar refractivity (Wildman–Crippen MR) is 73.1 cm³/mol. The number of hydrogen-bond donors (Lipinski definition) is 0. The zero-order valence-corrected chi connectivity index (χ0v) is 10.8. The third-order valence-corrected chi connectivity index (χ3v) is 3.90. The summed E-state index contributed by atoms with van der Waals surface area (Å²) < 4.78 is 14.0. The van der Waals surface area contributed by atoms with Crippen molar-refractivity contribution in [2.24, 2.45) is 0 Å². The number of rotatable bonds is 2. The van der Waals surface area contributed by atoms with Gasteiger partial charge in [-0.25, -0.2) is 4.39 Å². The van der Waals surface area contributed by atoms with Gasteiger partial charge < -0.3 is 0 Å². The van der Waals surface area contributed by atoms with Crippen molar-refractivity contribution in [2.45, 2.75) is 25.2 Å². The Morgan fingerprint density at radius 2 is 1.79 bits per heavy atom. The van der Waals surface area contributed by atoms with Crippen molar-refractivity contribution < 1.29 is 4.39 Å². The summed E-state index contributed by atoms with van der Waals surface area (Å²) in [5.41, 5.74) is 2.90. The standard InChI is InChI=1S/C17H14FN/c1-12-3-2-4-15(16(12)18)13-5-7-14(8-6-13)17(11-19)9-10-17/h2-8H,9-10H2,1H3. The summed E-state index contributed by atoms with van der Waals surface area (Å²) in [6.45, 7) is 1.77. The molecular weight excluding hydrogens is 237 g/mol. The molecule has 0 radical (unpaired) electrons. The van der Waals surface area contributed by atoms with Gasteiger partial charge in [-0.15, -0.1) is 0 Å². The van der Waals surface area contributed by atoms with Crippen molar-refractivity contribution in [2.75, 3.05) is 0 Å². The van der Waals surface area contributed by atoms with E-state index in [4.69, 9.17) is 5.26 Å². The number of aryl methyl sites for hydroxylation is 1. The number of hydrogen-bond acceptors (Lipinski definition) is 1. The van der Waals surface area contributed by atoms with Crippen LogP contribution in [-0.2, 0) is 5.41 Å². The third-order valence-electron chi connectivity index (χ3n) is 3.90. The highest BCUT2D eigenvalue weighted by atomic mass is 19.1. The Labute approximate surface area is 112 Å². The lowest BCUT2D eigenvalue weighted by Gasteiger charge is -2.09. The van der Waals surface area contributed by atoms with Crippen LogP contribution in [0, 0.1) is 24.1 Å². The second-order valence-electron chi connectivity index (χ2n) is 5.21. The molecule has 1 nitrogen and oxygen atoms in total. The number of halogens is 1. The molecule has 0 amide bonds. The first-order valence-electron chi connectivity index (χ1n) is 6.44. The van der Waals surface area contributed by atoms with E-state index in [9.17, 15) is 4.39 Å². The topological polar surface area (TPSA) is 23.8 Å². The Morgan fingerprint density at radius 1 is 1.11 bits per heavy atom. The Balaban J connectivity index is 2.00. The predicted octanol–water partition coefficient (Wildman–Crippen LogP) is 4.36. The van der Waals surface area contributed by atoms with E-state index in [1.165, 1.54) is 0 Å². The van der Waals surface area contributed by atoms with Crippen molar-refractivity contribution in [3.63, 3.8) is 0 Å². The van der Waals surface area contributed by atoms with Crippen LogP contribution in [-0.4, -0.2) is 0 Å². The van der Waals surface area contributed by atoms with Crippen LogP contribution in [0.2, 0.25) is 0 Å². The first kappa shape index (κ1) is 11.9. The second kappa shape index (κ2) is 4.20. The molecule has 0 spiro atoms. The van der Waals surface area contributed by atoms with Gasteiger partial charge in [-0.1, -0.05) is 42.5 Å². The van der Waals surface area contributed by atoms with Crippen molar-refractivity contribution in [3.05, 3.63) is 59.4 Å². The number of nitrogens with zero attached hydrogens (tertiary/aromatic N) is 1. The SMILES string of the molecule is Cc1cccc(-c2ccc(C3(C#N)CC3)cc2)c1F. The lowest BCUT2D eigenvalue weighted by atomic mass is 9.94. The van der Waals surface area contributed by atoms with E-state index in [0.717, 1.165) is 24.0 Å². The maximum Gasteiger partial charge on any atom is 0.133 e. The summed E-state index contributed by atoms with van der Waals surface area (Å²) in [7, 11) is 0. The number of nitriles is 1. The van der Waals surface area contributed by atoms with Gasteiger partial charge in [0.15, 0.2) is 0 Å². The van der Waals surface area contributed by atoms with Gasteiger partial charge in [-0.3, -0.25) is 0 Å². The van der Waals surface area contributed by atoms with Crippen LogP contribution < -0.4 is 0 Å². The molecule has 1 aliphatic rings. The molecule has 3 rings (SSSR count). The molecule has 0 N–H and O–H groups in total. The van der Waals surface area contributed by atoms with Crippen LogP contribution in [0.15, 0.2) is 42.5 Å². The molecule has 0 bridgehead atoms. The molecule has 2 heteroatoms. The van der Waals surface area contributed by atoms with Crippen molar-refractivity contribution in [3.8, 4) is 17.2 Å². The van der Waals surface area contributed by atoms with Crippen LogP contribution in [0.1, 0.15) is 24.0 Å². The molecule has 1 aliphatic carbocycles. The minimum Gasteiger partial charge on any atom is -0.206 e. The molecule has 19 heavy (non-hydrogen) atoms. The molecule has 0 heterocycles. The molecule has 0 unspecified atom stereocenters. The summed E-state index contributed by atoms with van der Waals surface area (Å²) in [6, 6.07) is 15.5. The first-order chi connectivity index (χ1) is 9.16. The van der Waals surface area contributed by atoms with E-state index >= 15 is 0 Å². The summed E-state index contributed by atoms with van der Waals surface area (Å²) in [5.74, 6) is -0.170. The Bertz CT molecular complexity index is 661. The van der Waals surface area contributed by atoms with Gasteiger partial charge in [-0.2, -0.15) is 5.26 Å². The summed E-state index contributed by atoms with van der Waals surface area (Å²) >= 11 is 0. The molecule has 1 fully saturated rings. The normalized spacial score (nSPS) is 15.8. The van der Waals surface area contributed by atoms with Gasteiger partial charge in [0.05, 0.1) is 11.5 Å². The van der Waals surface area contributed by atoms with E-state index in [2.05, 4.69) is 6.07 Å². The Morgan fingerprint density at radius 3 is 2.37 bits per heavy atom. The largest absolute Gasteiger partial charge is 0.206 e. The van der Waals surface area contributed by atoms with Crippen LogP contribution in [0.3, 0.4) is 0 Å². The molecule has 0 aromatic heterocycles. The summed E-state index contributed by atoms with van der Waals surface area (Å²) in [4.78, 5) is 0. The smallest absolute Gasteiger partial charge is 0.133 e. The lowest BCUT2D eigenvalue weighted by molar-refractivity contribution is 0.622. The van der Waals surface area contributed by atoms with E-state index in [-0.39, 0.29) is 11.2 Å². The fraction of sp³-hybridized carbons (Fsp3) is 0.235. The number of benzene rings is 2. The first-order valence-corrected chi connectivity index (χ1v) is 6.44. The van der Waals surface area contributed by atoms with Crippen LogP contribution in [0.4, 0.5) is 4.39 Å². The maximum atomic E-state index is 14.0. The Hall–Kier alpha value is -2.14. The Kier molecular flexibility index (Phi) is 2.64. The molecule has 2 aromatic rings. The van der Waals surface area contributed by atoms with Crippen LogP contribution >= 0.6 is 0 Å². The quantitative estimate of drug-likeness (QED) is 0.778. The lowest BCUT2D eigenvalue weighted by Crippen LogP contribution is -2.01. The van der Waals surface area contributed by atoms with Gasteiger partial charge >= 0.3 is 0 Å². The van der Waals surface area contributed by atoms with E-state index in [1.807, 2.05) is 30.3 Å². The van der Waals surface area contributed by atoms with Gasteiger partial charge in [0.1, 0.15) is 5.82 Å². The minimum absolute atomic E-state index is 0.170. The highest BCUT2D eigenvalue weighted by molar-refractivity contribution is 5.66. The monoisotopic (exact) mass is 251 g/mol. The molecule has 0 saturated heterocycles. The third kappa shape index (κ3) is 1.92. The minimum atomic E-state index is -0.274. The molecule has 1 saturated carbocycles. The second-order valence-corrected chi connectivity index (χ2v) is 5.21. The van der Waals surface area contributed by atoms with E-state index in [0.29, 0.717) is 11.1 Å². The van der Waals surface area contributed by atoms with Crippen LogP contribution in [0.5, 0.6) is 0 Å². The zero-order valence-electron chi connectivity index (χ0n) is 10.8. The van der Waals surface area contributed by atoms with Crippen molar-refractivity contribution >= 4 is 0 Å². The average molecular weight is 251 g/mol. The summed E-state index contributed by atoms with van der Waals surface area (Å²) in [5, 5.41) is 9.17. The molecule has 2 aromatic carbocycles. The average Bonchev–Trinajstić information content (AvgIpc) is 3.23. The maximum absolute atomic E-state index is 14.0. The fourth-order valence-electron chi connectivity index (χ4n) is 2.43. The van der Waals surface area contributed by atoms with Crippen molar-refractivity contribution in [1.29, 1.82) is 5.26 Å². The van der Waals surface area contributed by atoms with Gasteiger partial charge in [0.25, 0.3) is 0 Å². The van der Waals surface area contributed by atoms with Crippen molar-refractivity contribution in [1.82, 2.24) is 0 Å². The molecule has 94 valence electrons. The highest BCUT2D eigenvalue weighted by Gasteiger charge is 2.44. The van der Waals surface area contributed by atoms with Gasteiger partial charge in [0, 0.05) is 5.56 Å². The van der Waals surface area contributed by atoms with Crippen LogP contribution in [0.25, 0.3) is 11.1 Å². The highest BCUT2D eigenvalue weighted by Crippen LogP contribution is 2.47. The zero-order chi connectivity index (χ0) is 13.5. The molecule has 0 atom stereocenters. The molecule has 0 aliphatic heterocycles. The van der Waals surface area contributed by atoms with E-state index < -0.39 is 0 Å².